The third-order valence-corrected chi connectivity index (χ3v) is 5.25. The second-order valence-corrected chi connectivity index (χ2v) is 7.90. The SMILES string of the molecule is COc1ccc(S(=O)(=O)Oc2ccccc2F)c(NS(=O)(=O)C(F)F)c1. The number of methoxy groups -OCH3 is 1. The highest BCUT2D eigenvalue weighted by Crippen LogP contribution is 2.31. The third-order valence-electron chi connectivity index (χ3n) is 2.98. The van der Waals surface area contributed by atoms with Gasteiger partial charge < -0.3 is 8.92 Å². The Bertz CT molecular complexity index is 1010. The predicted octanol–water partition coefficient (Wildman–Crippen LogP) is 2.57. The van der Waals surface area contributed by atoms with E-state index < -0.39 is 48.0 Å². The maximum absolute atomic E-state index is 13.6. The quantitative estimate of drug-likeness (QED) is 0.703. The number of hydrogen-bond acceptors (Lipinski definition) is 6. The van der Waals surface area contributed by atoms with Crippen molar-refractivity contribution in [1.29, 1.82) is 0 Å². The van der Waals surface area contributed by atoms with Crippen molar-refractivity contribution in [3.05, 3.63) is 48.3 Å². The topological polar surface area (TPSA) is 98.8 Å². The monoisotopic (exact) mass is 411 g/mol. The molecule has 7 nitrogen and oxygen atoms in total. The molecule has 0 saturated carbocycles. The van der Waals surface area contributed by atoms with E-state index in [0.717, 1.165) is 30.3 Å². The lowest BCUT2D eigenvalue weighted by molar-refractivity contribution is 0.236. The molecule has 0 amide bonds. The molecule has 0 aliphatic heterocycles. The molecule has 0 aromatic heterocycles. The fourth-order valence-corrected chi connectivity index (χ4v) is 3.51. The van der Waals surface area contributed by atoms with E-state index in [1.165, 1.54) is 24.0 Å². The molecule has 0 aliphatic carbocycles. The second-order valence-electron chi connectivity index (χ2n) is 4.74. The zero-order valence-corrected chi connectivity index (χ0v) is 14.7. The smallest absolute Gasteiger partial charge is 0.355 e. The zero-order valence-electron chi connectivity index (χ0n) is 13.0. The summed E-state index contributed by atoms with van der Waals surface area (Å²) in [7, 11) is -8.73. The molecule has 142 valence electrons. The lowest BCUT2D eigenvalue weighted by atomic mass is 10.3. The second kappa shape index (κ2) is 7.41. The summed E-state index contributed by atoms with van der Waals surface area (Å²) in [6, 6.07) is 7.46. The minimum Gasteiger partial charge on any atom is -0.497 e. The average molecular weight is 411 g/mol. The van der Waals surface area contributed by atoms with Crippen LogP contribution in [0.25, 0.3) is 0 Å². The number of halogens is 3. The van der Waals surface area contributed by atoms with Gasteiger partial charge in [-0.05, 0) is 24.3 Å². The van der Waals surface area contributed by atoms with Crippen LogP contribution in [0.1, 0.15) is 0 Å². The molecule has 0 fully saturated rings. The summed E-state index contributed by atoms with van der Waals surface area (Å²) < 4.78 is 97.3. The van der Waals surface area contributed by atoms with Gasteiger partial charge in [0, 0.05) is 6.07 Å². The van der Waals surface area contributed by atoms with Gasteiger partial charge in [-0.3, -0.25) is 4.72 Å². The van der Waals surface area contributed by atoms with Crippen LogP contribution in [0.2, 0.25) is 0 Å². The summed E-state index contributed by atoms with van der Waals surface area (Å²) in [5, 5.41) is 0. The highest BCUT2D eigenvalue weighted by atomic mass is 32.2. The van der Waals surface area contributed by atoms with Crippen LogP contribution in [-0.4, -0.2) is 29.7 Å². The van der Waals surface area contributed by atoms with Crippen molar-refractivity contribution >= 4 is 25.8 Å². The van der Waals surface area contributed by atoms with Crippen LogP contribution in [0, 0.1) is 5.82 Å². The van der Waals surface area contributed by atoms with Crippen molar-refractivity contribution in [2.24, 2.45) is 0 Å². The van der Waals surface area contributed by atoms with E-state index >= 15 is 0 Å². The van der Waals surface area contributed by atoms with E-state index in [0.29, 0.717) is 0 Å². The Morgan fingerprint density at radius 2 is 1.69 bits per heavy atom. The molecule has 0 heterocycles. The Morgan fingerprint density at radius 3 is 2.27 bits per heavy atom. The van der Waals surface area contributed by atoms with E-state index in [4.69, 9.17) is 4.74 Å². The number of sulfonamides is 1. The largest absolute Gasteiger partial charge is 0.497 e. The Morgan fingerprint density at radius 1 is 1.04 bits per heavy atom. The average Bonchev–Trinajstić information content (AvgIpc) is 2.56. The van der Waals surface area contributed by atoms with Gasteiger partial charge in [0.25, 0.3) is 10.0 Å². The van der Waals surface area contributed by atoms with Crippen LogP contribution >= 0.6 is 0 Å². The molecule has 26 heavy (non-hydrogen) atoms. The number of anilines is 1. The summed E-state index contributed by atoms with van der Waals surface area (Å²) in [6.45, 7) is 0. The van der Waals surface area contributed by atoms with Crippen LogP contribution in [0.15, 0.2) is 47.4 Å². The molecule has 0 radical (unpaired) electrons. The predicted molar refractivity (Wildman–Crippen MR) is 85.8 cm³/mol. The van der Waals surface area contributed by atoms with Crippen LogP contribution in [0.3, 0.4) is 0 Å². The standard InChI is InChI=1S/C14H12F3NO6S2/c1-23-9-6-7-13(11(8-9)18-25(19,20)14(16)17)26(21,22)24-12-5-3-2-4-10(12)15/h2-8,14,18H,1H3. The summed E-state index contributed by atoms with van der Waals surface area (Å²) in [5.74, 6) is -5.45. The van der Waals surface area contributed by atoms with Gasteiger partial charge in [-0.1, -0.05) is 12.1 Å². The van der Waals surface area contributed by atoms with Crippen LogP contribution in [0.4, 0.5) is 18.9 Å². The van der Waals surface area contributed by atoms with Crippen molar-refractivity contribution in [3.63, 3.8) is 0 Å². The molecule has 1 N–H and O–H groups in total. The van der Waals surface area contributed by atoms with Crippen molar-refractivity contribution in [3.8, 4) is 11.5 Å². The fraction of sp³-hybridized carbons (Fsp3) is 0.143. The highest BCUT2D eigenvalue weighted by Gasteiger charge is 2.29. The van der Waals surface area contributed by atoms with E-state index in [-0.39, 0.29) is 5.75 Å². The van der Waals surface area contributed by atoms with E-state index in [1.807, 2.05) is 0 Å². The number of nitrogens with one attached hydrogen (secondary N) is 1. The van der Waals surface area contributed by atoms with Crippen LogP contribution in [0.5, 0.6) is 11.5 Å². The summed E-state index contributed by atoms with van der Waals surface area (Å²) in [4.78, 5) is -0.800. The normalized spacial score (nSPS) is 12.0. The molecule has 0 aliphatic rings. The van der Waals surface area contributed by atoms with Gasteiger partial charge in [0.2, 0.25) is 0 Å². The number of rotatable bonds is 7. The van der Waals surface area contributed by atoms with Crippen molar-refractivity contribution in [2.45, 2.75) is 10.7 Å². The third kappa shape index (κ3) is 4.38. The maximum Gasteiger partial charge on any atom is 0.355 e. The molecule has 0 unspecified atom stereocenters. The van der Waals surface area contributed by atoms with E-state index in [1.54, 1.807) is 0 Å². The molecule has 0 bridgehead atoms. The minimum absolute atomic E-state index is 0.0122. The molecule has 0 atom stereocenters. The number of hydrogen-bond donors (Lipinski definition) is 1. The number of ether oxygens (including phenoxy) is 1. The van der Waals surface area contributed by atoms with Crippen molar-refractivity contribution in [2.75, 3.05) is 11.8 Å². The van der Waals surface area contributed by atoms with Crippen molar-refractivity contribution < 1.29 is 38.9 Å². The van der Waals surface area contributed by atoms with Crippen LogP contribution < -0.4 is 13.6 Å². The molecule has 2 aromatic carbocycles. The molecular formula is C14H12F3NO6S2. The van der Waals surface area contributed by atoms with Gasteiger partial charge in [0.05, 0.1) is 12.8 Å². The zero-order chi connectivity index (χ0) is 19.5. The minimum atomic E-state index is -5.17. The Labute approximate surface area is 147 Å². The molecule has 2 rings (SSSR count). The van der Waals surface area contributed by atoms with Gasteiger partial charge >= 0.3 is 15.9 Å². The van der Waals surface area contributed by atoms with Crippen LogP contribution in [-0.2, 0) is 20.1 Å². The highest BCUT2D eigenvalue weighted by molar-refractivity contribution is 7.93. The first kappa shape index (κ1) is 19.8. The number of para-hydroxylation sites is 1. The number of alkyl halides is 2. The lowest BCUT2D eigenvalue weighted by Gasteiger charge is -2.14. The molecule has 0 spiro atoms. The molecule has 2 aromatic rings. The summed E-state index contributed by atoms with van der Waals surface area (Å²) in [5.41, 5.74) is -0.735. The summed E-state index contributed by atoms with van der Waals surface area (Å²) >= 11 is 0. The lowest BCUT2D eigenvalue weighted by Crippen LogP contribution is -2.22. The molecule has 0 saturated heterocycles. The Kier molecular flexibility index (Phi) is 5.66. The van der Waals surface area contributed by atoms with E-state index in [2.05, 4.69) is 4.18 Å². The van der Waals surface area contributed by atoms with Gasteiger partial charge in [-0.15, -0.1) is 0 Å². The van der Waals surface area contributed by atoms with Gasteiger partial charge in [-0.2, -0.15) is 17.2 Å². The molecular weight excluding hydrogens is 399 g/mol. The maximum atomic E-state index is 13.6. The van der Waals surface area contributed by atoms with Gasteiger partial charge in [0.1, 0.15) is 10.6 Å². The molecule has 12 heteroatoms. The van der Waals surface area contributed by atoms with E-state index in [9.17, 15) is 30.0 Å². The first-order chi connectivity index (χ1) is 12.1. The van der Waals surface area contributed by atoms with Gasteiger partial charge in [0.15, 0.2) is 11.6 Å². The van der Waals surface area contributed by atoms with Crippen molar-refractivity contribution in [1.82, 2.24) is 0 Å². The summed E-state index contributed by atoms with van der Waals surface area (Å²) in [6.07, 6.45) is 0. The Balaban J connectivity index is 2.52. The fourth-order valence-electron chi connectivity index (χ4n) is 1.81. The first-order valence-corrected chi connectivity index (χ1v) is 9.69. The first-order valence-electron chi connectivity index (χ1n) is 6.73. The Hall–Kier alpha value is -2.47. The number of benzene rings is 2. The van der Waals surface area contributed by atoms with Gasteiger partial charge in [-0.25, -0.2) is 12.8 Å².